The molecule has 0 saturated heterocycles. The van der Waals surface area contributed by atoms with Gasteiger partial charge >= 0.3 is 0 Å². The third kappa shape index (κ3) is 8.08. The molecular formula is C18H31NO2. The SMILES string of the molecule is Cc1ccc(OCCOCC(C)C)c(CNC(C)(C)C)c1. The lowest BCUT2D eigenvalue weighted by Crippen LogP contribution is -2.35. The van der Waals surface area contributed by atoms with Gasteiger partial charge in [0.25, 0.3) is 0 Å². The van der Waals surface area contributed by atoms with E-state index in [1.54, 1.807) is 0 Å². The Morgan fingerprint density at radius 2 is 1.86 bits per heavy atom. The summed E-state index contributed by atoms with van der Waals surface area (Å²) in [6, 6.07) is 6.32. The van der Waals surface area contributed by atoms with Crippen molar-refractivity contribution < 1.29 is 9.47 Å². The maximum atomic E-state index is 5.87. The molecule has 3 heteroatoms. The molecule has 0 saturated carbocycles. The van der Waals surface area contributed by atoms with E-state index >= 15 is 0 Å². The Morgan fingerprint density at radius 1 is 1.14 bits per heavy atom. The van der Waals surface area contributed by atoms with E-state index in [2.05, 4.69) is 65.1 Å². The molecule has 0 aliphatic carbocycles. The summed E-state index contributed by atoms with van der Waals surface area (Å²) in [6.45, 7) is 15.7. The highest BCUT2D eigenvalue weighted by atomic mass is 16.5. The molecule has 0 amide bonds. The fraction of sp³-hybridized carbons (Fsp3) is 0.667. The van der Waals surface area contributed by atoms with E-state index < -0.39 is 0 Å². The van der Waals surface area contributed by atoms with Gasteiger partial charge in [-0.2, -0.15) is 0 Å². The Bertz CT molecular complexity index is 422. The number of aryl methyl sites for hydroxylation is 1. The van der Waals surface area contributed by atoms with Gasteiger partial charge in [-0.15, -0.1) is 0 Å². The van der Waals surface area contributed by atoms with E-state index in [0.717, 1.165) is 18.9 Å². The molecule has 1 rings (SSSR count). The summed E-state index contributed by atoms with van der Waals surface area (Å²) < 4.78 is 11.4. The molecule has 3 nitrogen and oxygen atoms in total. The molecule has 0 aliphatic heterocycles. The maximum Gasteiger partial charge on any atom is 0.123 e. The molecule has 21 heavy (non-hydrogen) atoms. The first kappa shape index (κ1) is 18.0. The van der Waals surface area contributed by atoms with Crippen molar-refractivity contribution in [3.8, 4) is 5.75 Å². The number of nitrogens with one attached hydrogen (secondary N) is 1. The topological polar surface area (TPSA) is 30.5 Å². The van der Waals surface area contributed by atoms with Gasteiger partial charge in [-0.25, -0.2) is 0 Å². The molecule has 0 fully saturated rings. The van der Waals surface area contributed by atoms with Crippen LogP contribution in [0, 0.1) is 12.8 Å². The van der Waals surface area contributed by atoms with Crippen molar-refractivity contribution in [1.29, 1.82) is 0 Å². The van der Waals surface area contributed by atoms with E-state index in [1.807, 2.05) is 0 Å². The predicted molar refractivity (Wildman–Crippen MR) is 88.9 cm³/mol. The largest absolute Gasteiger partial charge is 0.491 e. The Hall–Kier alpha value is -1.06. The summed E-state index contributed by atoms with van der Waals surface area (Å²) in [5.41, 5.74) is 2.55. The normalized spacial score (nSPS) is 12.0. The predicted octanol–water partition coefficient (Wildman–Crippen LogP) is 3.93. The van der Waals surface area contributed by atoms with Crippen LogP contribution in [0.4, 0.5) is 0 Å². The molecular weight excluding hydrogens is 262 g/mol. The van der Waals surface area contributed by atoms with Crippen LogP contribution in [0.1, 0.15) is 45.7 Å². The van der Waals surface area contributed by atoms with Gasteiger partial charge in [0.15, 0.2) is 0 Å². The number of benzene rings is 1. The summed E-state index contributed by atoms with van der Waals surface area (Å²) >= 11 is 0. The van der Waals surface area contributed by atoms with Crippen LogP contribution >= 0.6 is 0 Å². The lowest BCUT2D eigenvalue weighted by molar-refractivity contribution is 0.0815. The van der Waals surface area contributed by atoms with Gasteiger partial charge in [0.1, 0.15) is 12.4 Å². The first-order valence-electron chi connectivity index (χ1n) is 7.83. The lowest BCUT2D eigenvalue weighted by Gasteiger charge is -2.22. The summed E-state index contributed by atoms with van der Waals surface area (Å²) in [5.74, 6) is 1.52. The average Bonchev–Trinajstić information content (AvgIpc) is 2.36. The number of ether oxygens (including phenoxy) is 2. The van der Waals surface area contributed by atoms with Crippen LogP contribution in [0.25, 0.3) is 0 Å². The molecule has 0 aliphatic rings. The molecule has 0 aromatic heterocycles. The fourth-order valence-electron chi connectivity index (χ4n) is 1.88. The van der Waals surface area contributed by atoms with Crippen LogP contribution in [0.15, 0.2) is 18.2 Å². The van der Waals surface area contributed by atoms with Crippen LogP contribution in [-0.4, -0.2) is 25.4 Å². The second kappa shape index (κ2) is 8.40. The highest BCUT2D eigenvalue weighted by Gasteiger charge is 2.11. The zero-order valence-electron chi connectivity index (χ0n) is 14.5. The minimum atomic E-state index is 0.0986. The van der Waals surface area contributed by atoms with E-state index in [4.69, 9.17) is 9.47 Å². The molecule has 0 atom stereocenters. The molecule has 0 radical (unpaired) electrons. The van der Waals surface area contributed by atoms with Crippen LogP contribution in [0.5, 0.6) is 5.75 Å². The highest BCUT2D eigenvalue weighted by molar-refractivity contribution is 5.37. The summed E-state index contributed by atoms with van der Waals surface area (Å²) in [7, 11) is 0. The van der Waals surface area contributed by atoms with E-state index in [0.29, 0.717) is 19.1 Å². The summed E-state index contributed by atoms with van der Waals surface area (Å²) in [4.78, 5) is 0. The molecule has 1 aromatic carbocycles. The molecule has 0 spiro atoms. The number of hydrogen-bond acceptors (Lipinski definition) is 3. The second-order valence-electron chi connectivity index (χ2n) is 7.03. The highest BCUT2D eigenvalue weighted by Crippen LogP contribution is 2.20. The van der Waals surface area contributed by atoms with Crippen LogP contribution in [0.3, 0.4) is 0 Å². The van der Waals surface area contributed by atoms with Crippen molar-refractivity contribution in [3.05, 3.63) is 29.3 Å². The van der Waals surface area contributed by atoms with Crippen molar-refractivity contribution in [2.45, 2.75) is 53.6 Å². The van der Waals surface area contributed by atoms with Gasteiger partial charge in [-0.05, 0) is 39.7 Å². The third-order valence-electron chi connectivity index (χ3n) is 2.96. The van der Waals surface area contributed by atoms with Gasteiger partial charge in [-0.1, -0.05) is 31.5 Å². The number of hydrogen-bond donors (Lipinski definition) is 1. The maximum absolute atomic E-state index is 5.87. The van der Waals surface area contributed by atoms with Gasteiger partial charge in [-0.3, -0.25) is 0 Å². The van der Waals surface area contributed by atoms with Crippen molar-refractivity contribution in [2.24, 2.45) is 5.92 Å². The molecule has 120 valence electrons. The van der Waals surface area contributed by atoms with Gasteiger partial charge in [0.2, 0.25) is 0 Å². The molecule has 0 bridgehead atoms. The molecule has 0 unspecified atom stereocenters. The van der Waals surface area contributed by atoms with Crippen LogP contribution in [0.2, 0.25) is 0 Å². The molecule has 1 aromatic rings. The molecule has 0 heterocycles. The smallest absolute Gasteiger partial charge is 0.123 e. The second-order valence-corrected chi connectivity index (χ2v) is 7.03. The first-order chi connectivity index (χ1) is 9.78. The quantitative estimate of drug-likeness (QED) is 0.737. The lowest BCUT2D eigenvalue weighted by atomic mass is 10.1. The summed E-state index contributed by atoms with van der Waals surface area (Å²) in [5, 5.41) is 3.51. The minimum Gasteiger partial charge on any atom is -0.491 e. The minimum absolute atomic E-state index is 0.0986. The Balaban J connectivity index is 2.52. The third-order valence-corrected chi connectivity index (χ3v) is 2.96. The fourth-order valence-corrected chi connectivity index (χ4v) is 1.88. The monoisotopic (exact) mass is 293 g/mol. The van der Waals surface area contributed by atoms with E-state index in [9.17, 15) is 0 Å². The zero-order valence-corrected chi connectivity index (χ0v) is 14.5. The van der Waals surface area contributed by atoms with Crippen molar-refractivity contribution in [2.75, 3.05) is 19.8 Å². The Morgan fingerprint density at radius 3 is 2.48 bits per heavy atom. The first-order valence-corrected chi connectivity index (χ1v) is 7.83. The van der Waals surface area contributed by atoms with Gasteiger partial charge in [0, 0.05) is 24.3 Å². The van der Waals surface area contributed by atoms with Gasteiger partial charge in [0.05, 0.1) is 6.61 Å². The van der Waals surface area contributed by atoms with Crippen LogP contribution in [-0.2, 0) is 11.3 Å². The Kier molecular flexibility index (Phi) is 7.20. The van der Waals surface area contributed by atoms with Crippen molar-refractivity contribution >= 4 is 0 Å². The zero-order chi connectivity index (χ0) is 15.9. The van der Waals surface area contributed by atoms with E-state index in [1.165, 1.54) is 11.1 Å². The van der Waals surface area contributed by atoms with Crippen LogP contribution < -0.4 is 10.1 Å². The van der Waals surface area contributed by atoms with E-state index in [-0.39, 0.29) is 5.54 Å². The number of rotatable bonds is 8. The summed E-state index contributed by atoms with van der Waals surface area (Å²) in [6.07, 6.45) is 0. The standard InChI is InChI=1S/C18H31NO2/c1-14(2)13-20-9-10-21-17-8-7-15(3)11-16(17)12-19-18(4,5)6/h7-8,11,14,19H,9-10,12-13H2,1-6H3. The van der Waals surface area contributed by atoms with Crippen molar-refractivity contribution in [1.82, 2.24) is 5.32 Å². The van der Waals surface area contributed by atoms with Gasteiger partial charge < -0.3 is 14.8 Å². The Labute approximate surface area is 130 Å². The average molecular weight is 293 g/mol. The van der Waals surface area contributed by atoms with Crippen molar-refractivity contribution in [3.63, 3.8) is 0 Å². The molecule has 1 N–H and O–H groups in total.